The van der Waals surface area contributed by atoms with Gasteiger partial charge in [-0.25, -0.2) is 9.97 Å². The maximum absolute atomic E-state index is 11.5. The van der Waals surface area contributed by atoms with E-state index < -0.39 is 11.1 Å². The fourth-order valence-electron chi connectivity index (χ4n) is 1.31. The highest BCUT2D eigenvalue weighted by Crippen LogP contribution is 2.07. The molecule has 0 unspecified atom stereocenters. The summed E-state index contributed by atoms with van der Waals surface area (Å²) in [6, 6.07) is 0. The molecule has 2 heterocycles. The summed E-state index contributed by atoms with van der Waals surface area (Å²) >= 11 is 3.16. The van der Waals surface area contributed by atoms with Gasteiger partial charge in [-0.1, -0.05) is 0 Å². The van der Waals surface area contributed by atoms with Crippen molar-refractivity contribution in [2.24, 2.45) is 0 Å². The number of aromatic amines is 1. The van der Waals surface area contributed by atoms with Crippen LogP contribution >= 0.6 is 15.9 Å². The largest absolute Gasteiger partial charge is 0.317 e. The van der Waals surface area contributed by atoms with Crippen LogP contribution in [-0.2, 0) is 6.54 Å². The predicted octanol–water partition coefficient (Wildman–Crippen LogP) is 0.262. The van der Waals surface area contributed by atoms with E-state index in [4.69, 9.17) is 0 Å². The van der Waals surface area contributed by atoms with Crippen molar-refractivity contribution in [1.29, 1.82) is 0 Å². The lowest BCUT2D eigenvalue weighted by atomic mass is 10.5. The second-order valence-electron chi connectivity index (χ2n) is 2.87. The summed E-state index contributed by atoms with van der Waals surface area (Å²) in [5.41, 5.74) is -0.612. The first-order chi connectivity index (χ1) is 7.13. The summed E-state index contributed by atoms with van der Waals surface area (Å²) in [4.78, 5) is 33.1. The van der Waals surface area contributed by atoms with E-state index in [1.807, 2.05) is 0 Å². The molecule has 6 nitrogen and oxygen atoms in total. The summed E-state index contributed by atoms with van der Waals surface area (Å²) in [5.74, 6) is 0. The molecule has 0 radical (unpaired) electrons. The average molecular weight is 271 g/mol. The molecule has 0 aliphatic heterocycles. The molecule has 0 fully saturated rings. The molecular weight excluding hydrogens is 264 g/mol. The smallest absolute Gasteiger partial charge is 0.299 e. The molecule has 0 saturated heterocycles. The zero-order chi connectivity index (χ0) is 11.0. The maximum atomic E-state index is 11.5. The Hall–Kier alpha value is -1.50. The summed E-state index contributed by atoms with van der Waals surface area (Å²) < 4.78 is 1.80. The number of nitrogens with one attached hydrogen (secondary N) is 1. The van der Waals surface area contributed by atoms with Gasteiger partial charge in [0.05, 0.1) is 6.20 Å². The van der Waals surface area contributed by atoms with E-state index in [2.05, 4.69) is 30.9 Å². The van der Waals surface area contributed by atoms with Crippen LogP contribution in [0.4, 0.5) is 0 Å². The molecule has 2 aromatic rings. The number of nitrogens with zero attached hydrogens (tertiary/aromatic N) is 3. The Balaban J connectivity index is 3.02. The normalized spacial score (nSPS) is 10.8. The van der Waals surface area contributed by atoms with Gasteiger partial charge in [-0.15, -0.1) is 0 Å². The second kappa shape index (κ2) is 3.58. The Morgan fingerprint density at radius 2 is 2.27 bits per heavy atom. The number of fused-ring (bicyclic) bond motifs is 1. The van der Waals surface area contributed by atoms with Crippen molar-refractivity contribution in [3.63, 3.8) is 0 Å². The van der Waals surface area contributed by atoms with Crippen LogP contribution in [0.2, 0.25) is 0 Å². The number of hydrogen-bond acceptors (Lipinski definition) is 4. The summed E-state index contributed by atoms with van der Waals surface area (Å²) in [5, 5.41) is 0. The molecule has 0 aromatic carbocycles. The van der Waals surface area contributed by atoms with E-state index in [1.54, 1.807) is 6.92 Å². The first-order valence-corrected chi connectivity index (χ1v) is 5.08. The van der Waals surface area contributed by atoms with E-state index in [9.17, 15) is 9.59 Å². The van der Waals surface area contributed by atoms with Crippen molar-refractivity contribution in [3.8, 4) is 0 Å². The molecule has 0 spiro atoms. The number of aromatic nitrogens is 4. The lowest BCUT2D eigenvalue weighted by Crippen LogP contribution is -2.36. The fourth-order valence-corrected chi connectivity index (χ4v) is 1.58. The topological polar surface area (TPSA) is 80.6 Å². The van der Waals surface area contributed by atoms with Gasteiger partial charge in [-0.2, -0.15) is 0 Å². The Kier molecular flexibility index (Phi) is 2.39. The number of halogens is 1. The van der Waals surface area contributed by atoms with Gasteiger partial charge in [-0.05, 0) is 22.9 Å². The van der Waals surface area contributed by atoms with Gasteiger partial charge in [0.15, 0.2) is 11.3 Å². The lowest BCUT2D eigenvalue weighted by Gasteiger charge is -2.04. The Bertz CT molecular complexity index is 631. The van der Waals surface area contributed by atoms with Crippen molar-refractivity contribution in [2.75, 3.05) is 0 Å². The zero-order valence-corrected chi connectivity index (χ0v) is 9.41. The van der Waals surface area contributed by atoms with Crippen LogP contribution in [0, 0.1) is 0 Å². The zero-order valence-electron chi connectivity index (χ0n) is 7.82. The van der Waals surface area contributed by atoms with Crippen LogP contribution in [0.1, 0.15) is 6.92 Å². The van der Waals surface area contributed by atoms with Crippen molar-refractivity contribution in [2.45, 2.75) is 13.5 Å². The predicted molar refractivity (Wildman–Crippen MR) is 57.8 cm³/mol. The monoisotopic (exact) mass is 270 g/mol. The SMILES string of the molecule is CCn1c(=O)c(=O)[nH]c2ncc(Br)nc21. The molecular formula is C8H7BrN4O2. The average Bonchev–Trinajstić information content (AvgIpc) is 2.21. The minimum absolute atomic E-state index is 0.310. The quantitative estimate of drug-likeness (QED) is 0.754. The molecule has 0 bridgehead atoms. The van der Waals surface area contributed by atoms with Crippen LogP contribution in [-0.4, -0.2) is 19.5 Å². The third kappa shape index (κ3) is 1.58. The van der Waals surface area contributed by atoms with Crippen molar-refractivity contribution >= 4 is 27.2 Å². The summed E-state index contributed by atoms with van der Waals surface area (Å²) in [6.45, 7) is 2.15. The van der Waals surface area contributed by atoms with Crippen LogP contribution in [0.25, 0.3) is 11.3 Å². The van der Waals surface area contributed by atoms with E-state index >= 15 is 0 Å². The Morgan fingerprint density at radius 3 is 2.93 bits per heavy atom. The maximum Gasteiger partial charge on any atom is 0.317 e. The van der Waals surface area contributed by atoms with Crippen LogP contribution in [0.5, 0.6) is 0 Å². The number of aryl methyl sites for hydroxylation is 1. The van der Waals surface area contributed by atoms with Crippen LogP contribution < -0.4 is 11.1 Å². The molecule has 0 aliphatic carbocycles. The Labute approximate surface area is 92.1 Å². The first-order valence-electron chi connectivity index (χ1n) is 4.29. The number of rotatable bonds is 1. The van der Waals surface area contributed by atoms with E-state index in [0.29, 0.717) is 22.4 Å². The summed E-state index contributed by atoms with van der Waals surface area (Å²) in [6.07, 6.45) is 1.46. The van der Waals surface area contributed by atoms with Crippen molar-refractivity contribution in [1.82, 2.24) is 19.5 Å². The van der Waals surface area contributed by atoms with Gasteiger partial charge >= 0.3 is 11.1 Å². The number of hydrogen-bond donors (Lipinski definition) is 1. The van der Waals surface area contributed by atoms with Crippen molar-refractivity contribution < 1.29 is 0 Å². The highest BCUT2D eigenvalue weighted by Gasteiger charge is 2.08. The molecule has 0 amide bonds. The third-order valence-corrected chi connectivity index (χ3v) is 2.35. The second-order valence-corrected chi connectivity index (χ2v) is 3.68. The lowest BCUT2D eigenvalue weighted by molar-refractivity contribution is 0.730. The highest BCUT2D eigenvalue weighted by atomic mass is 79.9. The van der Waals surface area contributed by atoms with Gasteiger partial charge in [0.1, 0.15) is 4.60 Å². The van der Waals surface area contributed by atoms with Gasteiger partial charge < -0.3 is 0 Å². The van der Waals surface area contributed by atoms with Crippen LogP contribution in [0.15, 0.2) is 20.4 Å². The van der Waals surface area contributed by atoms with Crippen LogP contribution in [0.3, 0.4) is 0 Å². The molecule has 78 valence electrons. The number of H-pyrrole nitrogens is 1. The molecule has 2 aromatic heterocycles. The molecule has 0 atom stereocenters. The standard InChI is InChI=1S/C8H7BrN4O2/c1-2-13-6-5(10-3-4(9)11-6)12-7(14)8(13)15/h3H,2H2,1H3,(H,10,12,14). The minimum Gasteiger partial charge on any atom is -0.299 e. The molecule has 2 rings (SSSR count). The van der Waals surface area contributed by atoms with E-state index in [-0.39, 0.29) is 0 Å². The Morgan fingerprint density at radius 1 is 1.53 bits per heavy atom. The third-order valence-electron chi connectivity index (χ3n) is 1.97. The van der Waals surface area contributed by atoms with E-state index in [1.165, 1.54) is 10.8 Å². The molecule has 15 heavy (non-hydrogen) atoms. The molecule has 0 aliphatic rings. The fraction of sp³-hybridized carbons (Fsp3) is 0.250. The van der Waals surface area contributed by atoms with Gasteiger partial charge in [0, 0.05) is 6.54 Å². The molecule has 1 N–H and O–H groups in total. The minimum atomic E-state index is -0.680. The van der Waals surface area contributed by atoms with Gasteiger partial charge in [-0.3, -0.25) is 19.1 Å². The highest BCUT2D eigenvalue weighted by molar-refractivity contribution is 9.10. The molecule has 0 saturated carbocycles. The summed E-state index contributed by atoms with van der Waals surface area (Å²) in [7, 11) is 0. The molecule has 7 heteroatoms. The first kappa shape index (κ1) is 10.0. The van der Waals surface area contributed by atoms with E-state index in [0.717, 1.165) is 0 Å². The van der Waals surface area contributed by atoms with Gasteiger partial charge in [0.2, 0.25) is 0 Å². The van der Waals surface area contributed by atoms with Crippen molar-refractivity contribution in [3.05, 3.63) is 31.5 Å². The van der Waals surface area contributed by atoms with Gasteiger partial charge in [0.25, 0.3) is 0 Å².